The summed E-state index contributed by atoms with van der Waals surface area (Å²) >= 11 is 0. The van der Waals surface area contributed by atoms with Crippen molar-refractivity contribution < 1.29 is 9.53 Å². The van der Waals surface area contributed by atoms with Crippen LogP contribution >= 0.6 is 0 Å². The number of rotatable bonds is 7. The fraction of sp³-hybridized carbons (Fsp3) is 0.889. The Bertz CT molecular complexity index is 167. The Morgan fingerprint density at radius 1 is 1.54 bits per heavy atom. The van der Waals surface area contributed by atoms with Gasteiger partial charge in [0.1, 0.15) is 0 Å². The fourth-order valence-corrected chi connectivity index (χ4v) is 2.72. The molecule has 4 heteroatoms. The first-order valence-electron chi connectivity index (χ1n) is 4.87. The van der Waals surface area contributed by atoms with Gasteiger partial charge in [0.25, 0.3) is 0 Å². The molecule has 0 aromatic carbocycles. The van der Waals surface area contributed by atoms with Crippen LogP contribution in [0, 0.1) is 0 Å². The summed E-state index contributed by atoms with van der Waals surface area (Å²) in [6, 6.07) is 0. The van der Waals surface area contributed by atoms with Gasteiger partial charge in [0.05, 0.1) is 15.3 Å². The van der Waals surface area contributed by atoms with E-state index in [9.17, 15) is 4.79 Å². The Kier molecular flexibility index (Phi) is 7.89. The lowest BCUT2D eigenvalue weighted by atomic mass is 10.3. The number of hydrogen-bond acceptors (Lipinski definition) is 3. The van der Waals surface area contributed by atoms with E-state index >= 15 is 0 Å². The molecule has 3 nitrogen and oxygen atoms in total. The molecule has 0 aliphatic heterocycles. The molecule has 0 saturated carbocycles. The summed E-state index contributed by atoms with van der Waals surface area (Å²) in [5, 5.41) is 0. The van der Waals surface area contributed by atoms with Crippen LogP contribution in [0.25, 0.3) is 0 Å². The van der Waals surface area contributed by atoms with Gasteiger partial charge in [-0.05, 0) is 19.8 Å². The molecule has 0 amide bonds. The van der Waals surface area contributed by atoms with Crippen molar-refractivity contribution >= 4 is 14.9 Å². The van der Waals surface area contributed by atoms with E-state index in [0.29, 0.717) is 12.3 Å². The Balaban J connectivity index is 3.62. The largest absolute Gasteiger partial charge is 0.382 e. The van der Waals surface area contributed by atoms with E-state index in [2.05, 4.69) is 18.1 Å². The zero-order chi connectivity index (χ0) is 10.1. The molecule has 13 heavy (non-hydrogen) atoms. The third-order valence-corrected chi connectivity index (χ3v) is 3.96. The lowest BCUT2D eigenvalue weighted by Gasteiger charge is -2.19. The predicted molar refractivity (Wildman–Crippen MR) is 56.5 cm³/mol. The molecular weight excluding hydrogens is 182 g/mol. The van der Waals surface area contributed by atoms with E-state index in [0.717, 1.165) is 19.4 Å². The summed E-state index contributed by atoms with van der Waals surface area (Å²) in [6.07, 6.45) is 3.51. The molecular formula is C9H19NO2Si. The zero-order valence-corrected chi connectivity index (χ0v) is 9.90. The maximum absolute atomic E-state index is 9.79. The summed E-state index contributed by atoms with van der Waals surface area (Å²) in [5.41, 5.74) is 0.437. The van der Waals surface area contributed by atoms with Gasteiger partial charge in [-0.25, -0.2) is 9.79 Å². The van der Waals surface area contributed by atoms with Crippen LogP contribution in [-0.4, -0.2) is 33.8 Å². The van der Waals surface area contributed by atoms with E-state index in [1.165, 1.54) is 0 Å². The van der Waals surface area contributed by atoms with Crippen molar-refractivity contribution in [3.8, 4) is 0 Å². The van der Waals surface area contributed by atoms with Gasteiger partial charge in [-0.15, -0.1) is 0 Å². The maximum atomic E-state index is 9.79. The highest BCUT2D eigenvalue weighted by atomic mass is 28.3. The summed E-state index contributed by atoms with van der Waals surface area (Å²) in [4.78, 5) is 13.3. The molecule has 0 aliphatic rings. The highest BCUT2D eigenvalue weighted by Crippen LogP contribution is 2.06. The normalized spacial score (nSPS) is 12.6. The van der Waals surface area contributed by atoms with Gasteiger partial charge in [-0.1, -0.05) is 13.1 Å². The molecule has 0 heterocycles. The molecule has 0 aromatic heterocycles. The van der Waals surface area contributed by atoms with Gasteiger partial charge in [0.15, 0.2) is 0 Å². The van der Waals surface area contributed by atoms with Crippen LogP contribution in [0.4, 0.5) is 0 Å². The Hall–Kier alpha value is -0.443. The SMILES string of the molecule is CCOC(CCCN=C=O)[SiH](C)C. The summed E-state index contributed by atoms with van der Waals surface area (Å²) in [6.45, 7) is 7.96. The van der Waals surface area contributed by atoms with Crippen molar-refractivity contribution in [1.82, 2.24) is 0 Å². The molecule has 0 bridgehead atoms. The average molecular weight is 201 g/mol. The molecule has 1 unspecified atom stereocenters. The van der Waals surface area contributed by atoms with E-state index in [4.69, 9.17) is 4.74 Å². The number of isocyanates is 1. The third-order valence-electron chi connectivity index (χ3n) is 1.95. The van der Waals surface area contributed by atoms with Gasteiger partial charge in [0.2, 0.25) is 6.08 Å². The van der Waals surface area contributed by atoms with Crippen LogP contribution in [0.3, 0.4) is 0 Å². The fourth-order valence-electron chi connectivity index (χ4n) is 1.24. The van der Waals surface area contributed by atoms with Crippen molar-refractivity contribution in [3.63, 3.8) is 0 Å². The zero-order valence-electron chi connectivity index (χ0n) is 8.75. The minimum absolute atomic E-state index is 0.437. The molecule has 76 valence electrons. The summed E-state index contributed by atoms with van der Waals surface area (Å²) < 4.78 is 5.61. The van der Waals surface area contributed by atoms with Crippen LogP contribution < -0.4 is 0 Å². The first-order chi connectivity index (χ1) is 6.22. The van der Waals surface area contributed by atoms with E-state index < -0.39 is 8.80 Å². The number of carbonyl (C=O) groups excluding carboxylic acids is 1. The molecule has 0 fully saturated rings. The number of ether oxygens (including phenoxy) is 1. The maximum Gasteiger partial charge on any atom is 0.234 e. The first-order valence-corrected chi connectivity index (χ1v) is 7.85. The molecule has 0 radical (unpaired) electrons. The first kappa shape index (κ1) is 12.6. The van der Waals surface area contributed by atoms with Gasteiger partial charge in [-0.3, -0.25) is 0 Å². The highest BCUT2D eigenvalue weighted by molar-refractivity contribution is 6.57. The van der Waals surface area contributed by atoms with Crippen LogP contribution in [0.5, 0.6) is 0 Å². The molecule has 0 aromatic rings. The van der Waals surface area contributed by atoms with E-state index in [-0.39, 0.29) is 0 Å². The predicted octanol–water partition coefficient (Wildman–Crippen LogP) is 1.53. The molecule has 0 spiro atoms. The Morgan fingerprint density at radius 3 is 2.69 bits per heavy atom. The van der Waals surface area contributed by atoms with Crippen LogP contribution in [0.2, 0.25) is 13.1 Å². The van der Waals surface area contributed by atoms with E-state index in [1.54, 1.807) is 6.08 Å². The quantitative estimate of drug-likeness (QED) is 0.271. The van der Waals surface area contributed by atoms with Gasteiger partial charge in [0, 0.05) is 12.3 Å². The van der Waals surface area contributed by atoms with Crippen LogP contribution in [0.1, 0.15) is 19.8 Å². The Morgan fingerprint density at radius 2 is 2.23 bits per heavy atom. The van der Waals surface area contributed by atoms with Gasteiger partial charge in [-0.2, -0.15) is 0 Å². The van der Waals surface area contributed by atoms with Crippen molar-refractivity contribution in [2.45, 2.75) is 38.6 Å². The smallest absolute Gasteiger partial charge is 0.234 e. The third kappa shape index (κ3) is 6.69. The van der Waals surface area contributed by atoms with Crippen molar-refractivity contribution in [3.05, 3.63) is 0 Å². The van der Waals surface area contributed by atoms with Crippen molar-refractivity contribution in [2.24, 2.45) is 4.99 Å². The minimum Gasteiger partial charge on any atom is -0.382 e. The second-order valence-corrected chi connectivity index (χ2v) is 6.58. The summed E-state index contributed by atoms with van der Waals surface area (Å²) in [7, 11) is -0.717. The standard InChI is InChI=1S/C9H19NO2Si/c1-4-12-9(13(2)3)6-5-7-10-8-11/h9,13H,4-7H2,1-3H3. The van der Waals surface area contributed by atoms with Gasteiger partial charge >= 0.3 is 0 Å². The van der Waals surface area contributed by atoms with Gasteiger partial charge < -0.3 is 4.74 Å². The molecule has 0 N–H and O–H groups in total. The second-order valence-electron chi connectivity index (χ2n) is 3.35. The highest BCUT2D eigenvalue weighted by Gasteiger charge is 2.13. The minimum atomic E-state index is -0.717. The average Bonchev–Trinajstić information content (AvgIpc) is 2.10. The molecule has 0 rings (SSSR count). The van der Waals surface area contributed by atoms with Crippen molar-refractivity contribution in [1.29, 1.82) is 0 Å². The topological polar surface area (TPSA) is 38.7 Å². The molecule has 1 atom stereocenters. The second kappa shape index (κ2) is 8.17. The van der Waals surface area contributed by atoms with Crippen LogP contribution in [0.15, 0.2) is 4.99 Å². The lowest BCUT2D eigenvalue weighted by molar-refractivity contribution is 0.107. The van der Waals surface area contributed by atoms with E-state index in [1.807, 2.05) is 6.92 Å². The monoisotopic (exact) mass is 201 g/mol. The van der Waals surface area contributed by atoms with Crippen LogP contribution in [-0.2, 0) is 9.53 Å². The number of aliphatic imine (C=N–C) groups is 1. The number of nitrogens with zero attached hydrogens (tertiary/aromatic N) is 1. The molecule has 0 saturated heterocycles. The Labute approximate surface area is 81.8 Å². The summed E-state index contributed by atoms with van der Waals surface area (Å²) in [5.74, 6) is 0. The molecule has 0 aliphatic carbocycles. The van der Waals surface area contributed by atoms with Crippen molar-refractivity contribution in [2.75, 3.05) is 13.2 Å². The number of hydrogen-bond donors (Lipinski definition) is 0. The lowest BCUT2D eigenvalue weighted by Crippen LogP contribution is -2.28.